The normalized spacial score (nSPS) is 15.3. The van der Waals surface area contributed by atoms with Crippen molar-refractivity contribution in [1.29, 1.82) is 0 Å². The quantitative estimate of drug-likeness (QED) is 0.571. The summed E-state index contributed by atoms with van der Waals surface area (Å²) in [6.45, 7) is 4.07. The minimum atomic E-state index is -0.517. The minimum Gasteiger partial charge on any atom is -0.311 e. The fraction of sp³-hybridized carbons (Fsp3) is 0.857. The average Bonchev–Trinajstić information content (AvgIpc) is 1.81. The van der Waals surface area contributed by atoms with E-state index in [4.69, 9.17) is 1.37 Å². The number of likely N-dealkylation sites (N-methyl/N-ethyl adjacent to an activating group) is 1. The molecule has 0 aromatic heterocycles. The van der Waals surface area contributed by atoms with Crippen molar-refractivity contribution in [1.82, 2.24) is 5.32 Å². The van der Waals surface area contributed by atoms with Crippen molar-refractivity contribution in [3.63, 3.8) is 0 Å². The van der Waals surface area contributed by atoms with Crippen LogP contribution in [0.5, 0.6) is 0 Å². The number of carbonyl (C=O) groups excluding carboxylic acids is 1. The van der Waals surface area contributed by atoms with Crippen LogP contribution in [0.3, 0.4) is 0 Å². The Labute approximate surface area is 58.0 Å². The Morgan fingerprint density at radius 3 is 2.44 bits per heavy atom. The Balaban J connectivity index is 3.72. The number of carbonyl (C=O) groups is 1. The third-order valence-corrected chi connectivity index (χ3v) is 1.20. The highest BCUT2D eigenvalue weighted by Gasteiger charge is 2.04. The van der Waals surface area contributed by atoms with E-state index in [0.717, 1.165) is 6.42 Å². The molecule has 0 radical (unpaired) electrons. The Kier molecular flexibility index (Phi) is 3.38. The van der Waals surface area contributed by atoms with Gasteiger partial charge >= 0.3 is 0 Å². The predicted octanol–water partition coefficient (Wildman–Crippen LogP) is 0.819. The van der Waals surface area contributed by atoms with Crippen molar-refractivity contribution in [2.24, 2.45) is 5.92 Å². The summed E-state index contributed by atoms with van der Waals surface area (Å²) >= 11 is 0. The lowest BCUT2D eigenvalue weighted by atomic mass is 10.1. The van der Waals surface area contributed by atoms with E-state index in [1.165, 1.54) is 0 Å². The monoisotopic (exact) mass is 130 g/mol. The van der Waals surface area contributed by atoms with E-state index in [0.29, 0.717) is 5.92 Å². The first-order chi connectivity index (χ1) is 4.57. The van der Waals surface area contributed by atoms with Crippen LogP contribution in [0.25, 0.3) is 0 Å². The van der Waals surface area contributed by atoms with Gasteiger partial charge in [0.15, 0.2) is 0 Å². The van der Waals surface area contributed by atoms with Crippen LogP contribution >= 0.6 is 0 Å². The zero-order valence-corrected chi connectivity index (χ0v) is 6.27. The smallest absolute Gasteiger partial charge is 0.136 e. The van der Waals surface area contributed by atoms with Gasteiger partial charge in [-0.1, -0.05) is 13.8 Å². The molecule has 54 valence electrons. The highest BCUT2D eigenvalue weighted by molar-refractivity contribution is 5.57. The summed E-state index contributed by atoms with van der Waals surface area (Å²) in [5, 5.41) is 2.80. The number of hydrogen-bond donors (Lipinski definition) is 1. The van der Waals surface area contributed by atoms with Crippen molar-refractivity contribution >= 4 is 6.26 Å². The maximum atomic E-state index is 10.5. The molecule has 0 aliphatic carbocycles. The molecule has 0 heterocycles. The van der Waals surface area contributed by atoms with E-state index in [1.807, 2.05) is 13.8 Å². The molecule has 9 heavy (non-hydrogen) atoms. The lowest BCUT2D eigenvalue weighted by Gasteiger charge is -2.10. The fourth-order valence-corrected chi connectivity index (χ4v) is 0.696. The summed E-state index contributed by atoms with van der Waals surface area (Å²) in [5.74, 6) is 0.465. The minimum absolute atomic E-state index is 0.278. The number of aldehydes is 1. The van der Waals surface area contributed by atoms with Gasteiger partial charge in [0.05, 0.1) is 6.04 Å². The van der Waals surface area contributed by atoms with Crippen LogP contribution in [0.1, 0.15) is 21.6 Å². The molecule has 0 aliphatic rings. The van der Waals surface area contributed by atoms with Crippen molar-refractivity contribution in [2.45, 2.75) is 26.3 Å². The van der Waals surface area contributed by atoms with Gasteiger partial charge in [0.25, 0.3) is 0 Å². The summed E-state index contributed by atoms with van der Waals surface area (Å²) < 4.78 is 6.83. The third-order valence-electron chi connectivity index (χ3n) is 1.20. The molecule has 1 atom stereocenters. The first-order valence-corrected chi connectivity index (χ1v) is 3.25. The van der Waals surface area contributed by atoms with E-state index < -0.39 is 6.26 Å². The first kappa shape index (κ1) is 6.75. The van der Waals surface area contributed by atoms with E-state index in [9.17, 15) is 4.79 Å². The van der Waals surface area contributed by atoms with E-state index in [1.54, 1.807) is 7.05 Å². The number of rotatable bonds is 4. The zero-order valence-electron chi connectivity index (χ0n) is 7.27. The van der Waals surface area contributed by atoms with Gasteiger partial charge in [-0.15, -0.1) is 0 Å². The van der Waals surface area contributed by atoms with Gasteiger partial charge in [-0.2, -0.15) is 0 Å². The van der Waals surface area contributed by atoms with Crippen LogP contribution < -0.4 is 5.32 Å². The molecule has 1 N–H and O–H groups in total. The molecule has 0 aromatic rings. The lowest BCUT2D eigenvalue weighted by Crippen LogP contribution is -2.27. The summed E-state index contributed by atoms with van der Waals surface area (Å²) in [4.78, 5) is 10.5. The Hall–Kier alpha value is -0.370. The molecule has 0 saturated carbocycles. The summed E-state index contributed by atoms with van der Waals surface area (Å²) in [7, 11) is 1.71. The van der Waals surface area contributed by atoms with E-state index >= 15 is 0 Å². The molecule has 0 amide bonds. The molecule has 0 aromatic carbocycles. The molecule has 0 unspecified atom stereocenters. The maximum absolute atomic E-state index is 10.5. The molecule has 0 aliphatic heterocycles. The molecule has 2 heteroatoms. The second-order valence-electron chi connectivity index (χ2n) is 2.59. The van der Waals surface area contributed by atoms with Crippen molar-refractivity contribution in [3.05, 3.63) is 0 Å². The van der Waals surface area contributed by atoms with Crippen molar-refractivity contribution < 1.29 is 6.17 Å². The van der Waals surface area contributed by atoms with Crippen molar-refractivity contribution in [3.8, 4) is 0 Å². The SMILES string of the molecule is [2H]C(=O)[C@H](CC(C)C)NC. The molecular formula is C7H15NO. The van der Waals surface area contributed by atoms with Crippen molar-refractivity contribution in [2.75, 3.05) is 7.05 Å². The molecule has 0 spiro atoms. The third kappa shape index (κ3) is 4.15. The lowest BCUT2D eigenvalue weighted by molar-refractivity contribution is -0.109. The van der Waals surface area contributed by atoms with E-state index in [-0.39, 0.29) is 6.04 Å². The van der Waals surface area contributed by atoms with Crippen LogP contribution in [-0.2, 0) is 4.79 Å². The van der Waals surface area contributed by atoms with Crippen LogP contribution in [0.4, 0.5) is 0 Å². The predicted molar refractivity (Wildman–Crippen MR) is 38.4 cm³/mol. The average molecular weight is 130 g/mol. The highest BCUT2D eigenvalue weighted by Crippen LogP contribution is 2.01. The Morgan fingerprint density at radius 2 is 2.33 bits per heavy atom. The standard InChI is InChI=1S/C7H15NO/c1-6(2)4-7(5-9)8-3/h5-8H,4H2,1-3H3/t7-/m0/s1/i5D. The van der Waals surface area contributed by atoms with Gasteiger partial charge in [-0.25, -0.2) is 0 Å². The van der Waals surface area contributed by atoms with Gasteiger partial charge in [-0.3, -0.25) is 0 Å². The molecular weight excluding hydrogens is 114 g/mol. The second-order valence-corrected chi connectivity index (χ2v) is 2.59. The molecule has 0 fully saturated rings. The highest BCUT2D eigenvalue weighted by atomic mass is 16.1. The van der Waals surface area contributed by atoms with Crippen LogP contribution in [0, 0.1) is 5.92 Å². The van der Waals surface area contributed by atoms with Gasteiger partial charge in [-0.05, 0) is 19.4 Å². The number of nitrogens with one attached hydrogen (secondary N) is 1. The molecule has 0 bridgehead atoms. The maximum Gasteiger partial charge on any atom is 0.136 e. The summed E-state index contributed by atoms with van der Waals surface area (Å²) in [6.07, 6.45) is 0.231. The second kappa shape index (κ2) is 4.50. The van der Waals surface area contributed by atoms with Gasteiger partial charge < -0.3 is 10.1 Å². The summed E-state index contributed by atoms with van der Waals surface area (Å²) in [5.41, 5.74) is 0. The fourth-order valence-electron chi connectivity index (χ4n) is 0.696. The largest absolute Gasteiger partial charge is 0.311 e. The first-order valence-electron chi connectivity index (χ1n) is 3.75. The Bertz CT molecular complexity index is 114. The van der Waals surface area contributed by atoms with Gasteiger partial charge in [0.1, 0.15) is 7.63 Å². The van der Waals surface area contributed by atoms with Gasteiger partial charge in [0.2, 0.25) is 0 Å². The van der Waals surface area contributed by atoms with Gasteiger partial charge in [0, 0.05) is 0 Å². The molecule has 2 nitrogen and oxygen atoms in total. The van der Waals surface area contributed by atoms with Crippen LogP contribution in [0.15, 0.2) is 0 Å². The number of hydrogen-bond acceptors (Lipinski definition) is 2. The van der Waals surface area contributed by atoms with E-state index in [2.05, 4.69) is 5.32 Å². The molecule has 0 rings (SSSR count). The summed E-state index contributed by atoms with van der Waals surface area (Å²) in [6, 6.07) is -0.278. The zero-order chi connectivity index (χ0) is 8.15. The Morgan fingerprint density at radius 1 is 1.78 bits per heavy atom. The molecule has 0 saturated heterocycles. The topological polar surface area (TPSA) is 29.1 Å². The van der Waals surface area contributed by atoms with Crippen LogP contribution in [-0.4, -0.2) is 19.4 Å². The van der Waals surface area contributed by atoms with Crippen LogP contribution in [0.2, 0.25) is 0 Å².